The van der Waals surface area contributed by atoms with E-state index in [4.69, 9.17) is 1.37 Å². The average molecular weight is 368 g/mol. The molecule has 154 valence electrons. The maximum Gasteiger partial charge on any atom is 0.130 e. The van der Waals surface area contributed by atoms with Crippen molar-refractivity contribution in [3.8, 4) is 0 Å². The molecule has 0 fully saturated rings. The topological polar surface area (TPSA) is 34.1 Å². The van der Waals surface area contributed by atoms with E-state index in [1.165, 1.54) is 70.6 Å². The molecular formula is C24H46O2. The van der Waals surface area contributed by atoms with Crippen molar-refractivity contribution in [3.05, 3.63) is 12.2 Å². The molecule has 0 rings (SSSR count). The molecule has 0 spiro atoms. The lowest BCUT2D eigenvalue weighted by atomic mass is 10.0. The normalized spacial score (nSPS) is 11.1. The van der Waals surface area contributed by atoms with Gasteiger partial charge in [0.25, 0.3) is 0 Å². The van der Waals surface area contributed by atoms with Gasteiger partial charge in [0, 0.05) is 12.8 Å². The van der Waals surface area contributed by atoms with Crippen LogP contribution in [0.25, 0.3) is 0 Å². The van der Waals surface area contributed by atoms with Crippen LogP contribution in [0.5, 0.6) is 0 Å². The summed E-state index contributed by atoms with van der Waals surface area (Å²) in [5.74, 6) is 0.274. The second-order valence-corrected chi connectivity index (χ2v) is 7.26. The molecule has 0 atom stereocenters. The van der Waals surface area contributed by atoms with E-state index in [0.717, 1.165) is 25.7 Å². The summed E-state index contributed by atoms with van der Waals surface area (Å²) < 4.78 is 6.79. The summed E-state index contributed by atoms with van der Waals surface area (Å²) in [5, 5.41) is 0. The van der Waals surface area contributed by atoms with Crippen molar-refractivity contribution in [2.24, 2.45) is 0 Å². The highest BCUT2D eigenvalue weighted by Crippen LogP contribution is 2.12. The third-order valence-corrected chi connectivity index (χ3v) is 4.45. The number of aldehydes is 1. The molecule has 0 saturated carbocycles. The van der Waals surface area contributed by atoms with Crippen molar-refractivity contribution in [2.45, 2.75) is 130 Å². The maximum absolute atomic E-state index is 10.4. The van der Waals surface area contributed by atoms with E-state index >= 15 is 0 Å². The molecule has 0 N–H and O–H groups in total. The van der Waals surface area contributed by atoms with Gasteiger partial charge in [-0.2, -0.15) is 0 Å². The van der Waals surface area contributed by atoms with Gasteiger partial charge in [-0.1, -0.05) is 103 Å². The SMILES string of the molecule is CCC=CCCC(C)=O.[2H]C(=O)CCCCCCCCCCCCCCC. The molecule has 0 radical (unpaired) electrons. The minimum Gasteiger partial charge on any atom is -0.303 e. The van der Waals surface area contributed by atoms with E-state index in [-0.39, 0.29) is 5.78 Å². The second kappa shape index (κ2) is 26.3. The number of hydrogen-bond acceptors (Lipinski definition) is 2. The third kappa shape index (κ3) is 30.9. The first-order valence-corrected chi connectivity index (χ1v) is 11.2. The van der Waals surface area contributed by atoms with Crippen LogP contribution in [0.4, 0.5) is 0 Å². The molecule has 0 saturated heterocycles. The quantitative estimate of drug-likeness (QED) is 0.140. The van der Waals surface area contributed by atoms with E-state index in [1.807, 2.05) is 0 Å². The first-order valence-electron chi connectivity index (χ1n) is 11.7. The Hall–Kier alpha value is -0.920. The Bertz CT molecular complexity index is 350. The zero-order valence-electron chi connectivity index (χ0n) is 19.0. The van der Waals surface area contributed by atoms with Crippen molar-refractivity contribution in [3.63, 3.8) is 0 Å². The van der Waals surface area contributed by atoms with Crippen LogP contribution < -0.4 is 0 Å². The number of rotatable bonds is 18. The summed E-state index contributed by atoms with van der Waals surface area (Å²) >= 11 is 0. The first kappa shape index (κ1) is 25.1. The van der Waals surface area contributed by atoms with Gasteiger partial charge in [0.15, 0.2) is 0 Å². The lowest BCUT2D eigenvalue weighted by Gasteiger charge is -2.02. The van der Waals surface area contributed by atoms with Crippen molar-refractivity contribution in [1.29, 1.82) is 0 Å². The molecular weight excluding hydrogens is 320 g/mol. The number of carbonyl (C=O) groups is 2. The molecule has 0 amide bonds. The van der Waals surface area contributed by atoms with E-state index in [9.17, 15) is 9.59 Å². The molecule has 0 aliphatic heterocycles. The Balaban J connectivity index is 0. The summed E-state index contributed by atoms with van der Waals surface area (Å²) in [5.41, 5.74) is 0. The van der Waals surface area contributed by atoms with Gasteiger partial charge in [-0.3, -0.25) is 0 Å². The zero-order valence-corrected chi connectivity index (χ0v) is 18.0. The van der Waals surface area contributed by atoms with Crippen molar-refractivity contribution in [1.82, 2.24) is 0 Å². The van der Waals surface area contributed by atoms with Gasteiger partial charge in [0.1, 0.15) is 13.4 Å². The zero-order chi connectivity index (χ0) is 20.6. The summed E-state index contributed by atoms with van der Waals surface area (Å²) in [6.45, 7) is 5.98. The number of allylic oxidation sites excluding steroid dienone is 2. The van der Waals surface area contributed by atoms with Gasteiger partial charge in [-0.25, -0.2) is 0 Å². The summed E-state index contributed by atoms with van der Waals surface area (Å²) in [7, 11) is 0. The van der Waals surface area contributed by atoms with Crippen LogP contribution in [0.15, 0.2) is 12.2 Å². The Kier molecular flexibility index (Phi) is 25.4. The van der Waals surface area contributed by atoms with Gasteiger partial charge in [-0.05, 0) is 26.2 Å². The second-order valence-electron chi connectivity index (χ2n) is 7.26. The highest BCUT2D eigenvalue weighted by Gasteiger charge is 1.93. The molecule has 0 aromatic rings. The van der Waals surface area contributed by atoms with Crippen LogP contribution in [0.1, 0.15) is 131 Å². The van der Waals surface area contributed by atoms with Gasteiger partial charge in [0.2, 0.25) is 0 Å². The number of unbranched alkanes of at least 4 members (excludes halogenated alkanes) is 12. The lowest BCUT2D eigenvalue weighted by Crippen LogP contribution is -1.85. The fraction of sp³-hybridized carbons (Fsp3) is 0.833. The van der Waals surface area contributed by atoms with Crippen molar-refractivity contribution >= 4 is 12.0 Å². The standard InChI is InChI=1S/C16H32O.C8H14O/c1-2-3-4-5-6-7-8-9-10-11-12-13-14-15-16-17;1-3-4-5-6-7-8(2)9/h16H,2-15H2,1H3;4-5H,3,6-7H2,1-2H3/i16D;. The van der Waals surface area contributed by atoms with Crippen LogP contribution in [0, 0.1) is 0 Å². The average Bonchev–Trinajstić information content (AvgIpc) is 2.63. The van der Waals surface area contributed by atoms with Crippen molar-refractivity contribution in [2.75, 3.05) is 0 Å². The maximum atomic E-state index is 10.4. The van der Waals surface area contributed by atoms with Gasteiger partial charge in [0.05, 0.1) is 0 Å². The minimum atomic E-state index is -0.405. The van der Waals surface area contributed by atoms with Crippen LogP contribution >= 0.6 is 0 Å². The van der Waals surface area contributed by atoms with Gasteiger partial charge >= 0.3 is 0 Å². The highest BCUT2D eigenvalue weighted by atomic mass is 16.1. The van der Waals surface area contributed by atoms with Crippen molar-refractivity contribution < 1.29 is 11.0 Å². The molecule has 0 heterocycles. The summed E-state index contributed by atoms with van der Waals surface area (Å²) in [6.07, 6.45) is 24.0. The molecule has 26 heavy (non-hydrogen) atoms. The largest absolute Gasteiger partial charge is 0.303 e. The fourth-order valence-electron chi connectivity index (χ4n) is 2.79. The molecule has 0 aromatic heterocycles. The van der Waals surface area contributed by atoms with Crippen LogP contribution in [-0.4, -0.2) is 12.0 Å². The van der Waals surface area contributed by atoms with Gasteiger partial charge < -0.3 is 9.59 Å². The van der Waals surface area contributed by atoms with E-state index in [1.54, 1.807) is 6.92 Å². The molecule has 2 heteroatoms. The van der Waals surface area contributed by atoms with Gasteiger partial charge in [-0.15, -0.1) is 0 Å². The predicted octanol–water partition coefficient (Wildman–Crippen LogP) is 7.99. The van der Waals surface area contributed by atoms with Crippen LogP contribution in [0.3, 0.4) is 0 Å². The molecule has 0 aliphatic rings. The molecule has 0 unspecified atom stereocenters. The van der Waals surface area contributed by atoms with E-state index < -0.39 is 6.26 Å². The summed E-state index contributed by atoms with van der Waals surface area (Å²) in [4.78, 5) is 20.8. The van der Waals surface area contributed by atoms with E-state index in [0.29, 0.717) is 12.8 Å². The monoisotopic (exact) mass is 367 g/mol. The number of Topliss-reactive ketones (excluding diaryl/α,β-unsaturated/α-hetero) is 1. The Morgan fingerprint density at radius 3 is 1.58 bits per heavy atom. The summed E-state index contributed by atoms with van der Waals surface area (Å²) in [6, 6.07) is 0. The predicted molar refractivity (Wildman–Crippen MR) is 116 cm³/mol. The first-order chi connectivity index (χ1) is 13.0. The third-order valence-electron chi connectivity index (χ3n) is 4.45. The van der Waals surface area contributed by atoms with Crippen LogP contribution in [0.2, 0.25) is 0 Å². The lowest BCUT2D eigenvalue weighted by molar-refractivity contribution is -0.117. The number of carbonyl (C=O) groups excluding carboxylic acids is 2. The Morgan fingerprint density at radius 2 is 1.19 bits per heavy atom. The fourth-order valence-corrected chi connectivity index (χ4v) is 2.79. The Morgan fingerprint density at radius 1 is 0.731 bits per heavy atom. The highest BCUT2D eigenvalue weighted by molar-refractivity contribution is 5.75. The molecule has 2 nitrogen and oxygen atoms in total. The number of hydrogen-bond donors (Lipinski definition) is 0. The van der Waals surface area contributed by atoms with Crippen LogP contribution in [-0.2, 0) is 9.59 Å². The molecule has 0 aromatic carbocycles. The smallest absolute Gasteiger partial charge is 0.130 e. The number of ketones is 1. The molecule has 0 aliphatic carbocycles. The Labute approximate surface area is 165 Å². The molecule has 0 bridgehead atoms. The van der Waals surface area contributed by atoms with E-state index in [2.05, 4.69) is 26.0 Å². The minimum absolute atomic E-state index is 0.274.